The zero-order valence-electron chi connectivity index (χ0n) is 13.9. The minimum atomic E-state index is 0.816. The topological polar surface area (TPSA) is 32.3 Å². The van der Waals surface area contributed by atoms with Gasteiger partial charge >= 0.3 is 0 Å². The number of rotatable bonds is 8. The Kier molecular flexibility index (Phi) is 6.34. The summed E-state index contributed by atoms with van der Waals surface area (Å²) >= 11 is 0. The van der Waals surface area contributed by atoms with E-state index in [1.807, 2.05) is 25.3 Å². The molecule has 0 aliphatic rings. The Morgan fingerprint density at radius 2 is 1.68 bits per heavy atom. The summed E-state index contributed by atoms with van der Waals surface area (Å²) in [6.07, 6.45) is 1.84. The number of hydrogen-bond acceptors (Lipinski definition) is 4. The van der Waals surface area contributed by atoms with Crippen molar-refractivity contribution in [3.05, 3.63) is 53.9 Å². The number of nitrogens with zero attached hydrogens (tertiary/aromatic N) is 4. The highest BCUT2D eigenvalue weighted by Crippen LogP contribution is 2.12. The number of likely N-dealkylation sites (N-methyl/N-ethyl adjacent to an activating group) is 1. The van der Waals surface area contributed by atoms with Gasteiger partial charge in [-0.1, -0.05) is 44.2 Å². The first-order valence-electron chi connectivity index (χ1n) is 8.03. The van der Waals surface area contributed by atoms with Gasteiger partial charge in [-0.05, 0) is 31.6 Å². The maximum Gasteiger partial charge on any atom is 0.225 e. The number of anilines is 1. The molecule has 118 valence electrons. The van der Waals surface area contributed by atoms with Gasteiger partial charge in [-0.15, -0.1) is 0 Å². The van der Waals surface area contributed by atoms with Crippen LogP contribution in [0.15, 0.2) is 42.6 Å². The van der Waals surface area contributed by atoms with E-state index in [1.54, 1.807) is 0 Å². The number of aromatic nitrogens is 2. The van der Waals surface area contributed by atoms with Crippen LogP contribution in [0.1, 0.15) is 25.1 Å². The third kappa shape index (κ3) is 4.81. The van der Waals surface area contributed by atoms with Crippen LogP contribution < -0.4 is 4.90 Å². The smallest absolute Gasteiger partial charge is 0.225 e. The van der Waals surface area contributed by atoms with Crippen molar-refractivity contribution in [1.82, 2.24) is 14.9 Å². The van der Waals surface area contributed by atoms with Crippen molar-refractivity contribution in [2.24, 2.45) is 0 Å². The summed E-state index contributed by atoms with van der Waals surface area (Å²) in [5.74, 6) is 0.816. The maximum absolute atomic E-state index is 4.60. The van der Waals surface area contributed by atoms with Gasteiger partial charge in [0.2, 0.25) is 5.95 Å². The van der Waals surface area contributed by atoms with Crippen molar-refractivity contribution in [3.63, 3.8) is 0 Å². The first kappa shape index (κ1) is 16.4. The fraction of sp³-hybridized carbons (Fsp3) is 0.444. The van der Waals surface area contributed by atoms with Crippen LogP contribution in [0.3, 0.4) is 0 Å². The second kappa shape index (κ2) is 8.49. The lowest BCUT2D eigenvalue weighted by Gasteiger charge is -2.26. The molecular weight excluding hydrogens is 272 g/mol. The largest absolute Gasteiger partial charge is 0.335 e. The van der Waals surface area contributed by atoms with E-state index in [4.69, 9.17) is 0 Å². The molecule has 0 unspecified atom stereocenters. The van der Waals surface area contributed by atoms with Gasteiger partial charge in [0, 0.05) is 31.5 Å². The Bertz CT molecular complexity index is 552. The molecule has 0 bridgehead atoms. The first-order chi connectivity index (χ1) is 10.7. The zero-order valence-corrected chi connectivity index (χ0v) is 13.9. The molecule has 4 heteroatoms. The molecule has 1 aromatic heterocycles. The molecule has 0 spiro atoms. The van der Waals surface area contributed by atoms with Crippen LogP contribution in [0.25, 0.3) is 0 Å². The van der Waals surface area contributed by atoms with Gasteiger partial charge in [-0.2, -0.15) is 0 Å². The number of benzene rings is 1. The van der Waals surface area contributed by atoms with Crippen LogP contribution >= 0.6 is 0 Å². The van der Waals surface area contributed by atoms with Crippen molar-refractivity contribution in [3.8, 4) is 0 Å². The predicted octanol–water partition coefficient (Wildman–Crippen LogP) is 3.13. The van der Waals surface area contributed by atoms with Gasteiger partial charge in [-0.25, -0.2) is 9.97 Å². The molecule has 4 nitrogen and oxygen atoms in total. The Morgan fingerprint density at radius 3 is 2.32 bits per heavy atom. The molecule has 0 aliphatic heterocycles. The van der Waals surface area contributed by atoms with Crippen LogP contribution in [-0.2, 0) is 6.54 Å². The first-order valence-corrected chi connectivity index (χ1v) is 8.03. The molecule has 0 fully saturated rings. The predicted molar refractivity (Wildman–Crippen MR) is 92.0 cm³/mol. The minimum Gasteiger partial charge on any atom is -0.335 e. The van der Waals surface area contributed by atoms with E-state index in [0.717, 1.165) is 44.4 Å². The van der Waals surface area contributed by atoms with Crippen molar-refractivity contribution < 1.29 is 0 Å². The normalized spacial score (nSPS) is 10.9. The van der Waals surface area contributed by atoms with E-state index in [1.165, 1.54) is 5.56 Å². The van der Waals surface area contributed by atoms with Gasteiger partial charge in [0.15, 0.2) is 0 Å². The highest BCUT2D eigenvalue weighted by molar-refractivity contribution is 5.32. The van der Waals surface area contributed by atoms with Crippen molar-refractivity contribution in [2.75, 3.05) is 31.1 Å². The third-order valence-corrected chi connectivity index (χ3v) is 3.86. The molecular formula is C18H26N4. The molecule has 0 saturated carbocycles. The number of hydrogen-bond donors (Lipinski definition) is 0. The van der Waals surface area contributed by atoms with Crippen LogP contribution in [-0.4, -0.2) is 41.0 Å². The highest BCUT2D eigenvalue weighted by Gasteiger charge is 2.12. The van der Waals surface area contributed by atoms with Gasteiger partial charge in [0.1, 0.15) is 0 Å². The van der Waals surface area contributed by atoms with Crippen molar-refractivity contribution >= 4 is 5.95 Å². The SMILES string of the molecule is CCN(CC)CCN(Cc1ccccc1)c1nccc(C)n1. The second-order valence-electron chi connectivity index (χ2n) is 5.43. The number of aryl methyl sites for hydroxylation is 1. The monoisotopic (exact) mass is 298 g/mol. The molecule has 0 saturated heterocycles. The molecule has 0 N–H and O–H groups in total. The van der Waals surface area contributed by atoms with Gasteiger partial charge in [0.25, 0.3) is 0 Å². The summed E-state index contributed by atoms with van der Waals surface area (Å²) in [4.78, 5) is 13.7. The summed E-state index contributed by atoms with van der Waals surface area (Å²) in [6, 6.07) is 12.5. The lowest BCUT2D eigenvalue weighted by Crippen LogP contribution is -2.35. The van der Waals surface area contributed by atoms with Crippen LogP contribution in [0.5, 0.6) is 0 Å². The summed E-state index contributed by atoms with van der Waals surface area (Å²) in [5, 5.41) is 0. The highest BCUT2D eigenvalue weighted by atomic mass is 15.3. The van der Waals surface area contributed by atoms with E-state index in [2.05, 4.69) is 57.9 Å². The molecule has 0 aliphatic carbocycles. The molecule has 1 heterocycles. The molecule has 2 rings (SSSR count). The van der Waals surface area contributed by atoms with E-state index in [-0.39, 0.29) is 0 Å². The minimum absolute atomic E-state index is 0.816. The zero-order chi connectivity index (χ0) is 15.8. The Balaban J connectivity index is 2.13. The van der Waals surface area contributed by atoms with Gasteiger partial charge < -0.3 is 9.80 Å². The van der Waals surface area contributed by atoms with E-state index in [9.17, 15) is 0 Å². The average molecular weight is 298 g/mol. The molecule has 0 atom stereocenters. The van der Waals surface area contributed by atoms with Crippen LogP contribution in [0, 0.1) is 6.92 Å². The molecule has 1 aromatic carbocycles. The standard InChI is InChI=1S/C18H26N4/c1-4-21(5-2)13-14-22(15-17-9-7-6-8-10-17)18-19-12-11-16(3)20-18/h6-12H,4-5,13-15H2,1-3H3. The van der Waals surface area contributed by atoms with Crippen molar-refractivity contribution in [1.29, 1.82) is 0 Å². The van der Waals surface area contributed by atoms with E-state index < -0.39 is 0 Å². The Hall–Kier alpha value is -1.94. The fourth-order valence-electron chi connectivity index (χ4n) is 2.44. The Labute approximate surface area is 133 Å². The molecule has 0 radical (unpaired) electrons. The van der Waals surface area contributed by atoms with E-state index >= 15 is 0 Å². The average Bonchev–Trinajstić information content (AvgIpc) is 2.55. The van der Waals surface area contributed by atoms with Gasteiger partial charge in [0.05, 0.1) is 0 Å². The van der Waals surface area contributed by atoms with Crippen LogP contribution in [0.2, 0.25) is 0 Å². The summed E-state index contributed by atoms with van der Waals surface area (Å²) in [6.45, 7) is 11.4. The maximum atomic E-state index is 4.60. The second-order valence-corrected chi connectivity index (χ2v) is 5.43. The van der Waals surface area contributed by atoms with Crippen molar-refractivity contribution in [2.45, 2.75) is 27.3 Å². The quantitative estimate of drug-likeness (QED) is 0.749. The molecule has 0 amide bonds. The van der Waals surface area contributed by atoms with E-state index in [0.29, 0.717) is 0 Å². The lowest BCUT2D eigenvalue weighted by molar-refractivity contribution is 0.308. The third-order valence-electron chi connectivity index (χ3n) is 3.86. The van der Waals surface area contributed by atoms with Gasteiger partial charge in [-0.3, -0.25) is 0 Å². The summed E-state index contributed by atoms with van der Waals surface area (Å²) in [7, 11) is 0. The fourth-order valence-corrected chi connectivity index (χ4v) is 2.44. The summed E-state index contributed by atoms with van der Waals surface area (Å²) < 4.78 is 0. The van der Waals surface area contributed by atoms with Crippen LogP contribution in [0.4, 0.5) is 5.95 Å². The lowest BCUT2D eigenvalue weighted by atomic mass is 10.2. The molecule has 22 heavy (non-hydrogen) atoms. The Morgan fingerprint density at radius 1 is 0.955 bits per heavy atom. The summed E-state index contributed by atoms with van der Waals surface area (Å²) in [5.41, 5.74) is 2.29. The molecule has 2 aromatic rings.